The molecule has 9 heteroatoms. The van der Waals surface area contributed by atoms with E-state index in [1.54, 1.807) is 23.3 Å². The fourth-order valence-electron chi connectivity index (χ4n) is 4.24. The topological polar surface area (TPSA) is 90.0 Å². The first-order valence-electron chi connectivity index (χ1n) is 11.2. The van der Waals surface area contributed by atoms with Crippen LogP contribution in [-0.4, -0.2) is 63.6 Å². The standard InChI is InChI=1S/C24H27N7O2/c1-5-30(6-2)17-7-8-18(15(3)11-17)28-22-21(20-13-32-14-33-20)29-31-23(16(4)27-24(22)31)19-12-25-9-10-26-19/h7-12,20H,5-6,13-14H2,1-4H3/b28-22-. The Morgan fingerprint density at radius 3 is 2.70 bits per heavy atom. The molecule has 3 aromatic rings. The smallest absolute Gasteiger partial charge is 0.182 e. The average molecular weight is 446 g/mol. The molecule has 0 radical (unpaired) electrons. The van der Waals surface area contributed by atoms with Crippen LogP contribution in [-0.2, 0) is 9.47 Å². The van der Waals surface area contributed by atoms with E-state index in [1.165, 1.54) is 5.69 Å². The van der Waals surface area contributed by atoms with Gasteiger partial charge in [0, 0.05) is 31.2 Å². The maximum Gasteiger partial charge on any atom is 0.182 e. The summed E-state index contributed by atoms with van der Waals surface area (Å²) in [5, 5.41) is 4.87. The highest BCUT2D eigenvalue weighted by Crippen LogP contribution is 2.31. The molecule has 5 rings (SSSR count). The zero-order valence-electron chi connectivity index (χ0n) is 19.3. The Morgan fingerprint density at radius 1 is 1.18 bits per heavy atom. The lowest BCUT2D eigenvalue weighted by atomic mass is 10.1. The lowest BCUT2D eigenvalue weighted by Crippen LogP contribution is -2.29. The minimum atomic E-state index is -0.296. The third kappa shape index (κ3) is 3.83. The zero-order valence-corrected chi connectivity index (χ0v) is 19.3. The Morgan fingerprint density at radius 2 is 2.03 bits per heavy atom. The highest BCUT2D eigenvalue weighted by atomic mass is 16.7. The highest BCUT2D eigenvalue weighted by molar-refractivity contribution is 6.50. The third-order valence-electron chi connectivity index (χ3n) is 5.96. The minimum absolute atomic E-state index is 0.243. The van der Waals surface area contributed by atoms with Crippen molar-refractivity contribution in [2.45, 2.75) is 33.8 Å². The average Bonchev–Trinajstić information content (AvgIpc) is 3.53. The number of aliphatic imine (C=N–C) groups is 1. The monoisotopic (exact) mass is 445 g/mol. The van der Waals surface area contributed by atoms with Crippen molar-refractivity contribution in [2.75, 3.05) is 31.4 Å². The molecule has 2 aromatic heterocycles. The molecule has 1 unspecified atom stereocenters. The fraction of sp³-hybridized carbons (Fsp3) is 0.375. The van der Waals surface area contributed by atoms with Gasteiger partial charge in [-0.3, -0.25) is 9.97 Å². The summed E-state index contributed by atoms with van der Waals surface area (Å²) in [5.41, 5.74) is 6.90. The molecule has 4 heterocycles. The Hall–Kier alpha value is -3.43. The van der Waals surface area contributed by atoms with Crippen LogP contribution >= 0.6 is 0 Å². The highest BCUT2D eigenvalue weighted by Gasteiger charge is 2.36. The van der Waals surface area contributed by atoms with Gasteiger partial charge in [-0.2, -0.15) is 5.10 Å². The fourth-order valence-corrected chi connectivity index (χ4v) is 4.24. The van der Waals surface area contributed by atoms with Crippen LogP contribution in [0.4, 0.5) is 11.4 Å². The Kier molecular flexibility index (Phi) is 5.74. The van der Waals surface area contributed by atoms with Crippen LogP contribution < -0.4 is 4.90 Å². The van der Waals surface area contributed by atoms with E-state index >= 15 is 0 Å². The number of ether oxygens (including phenoxy) is 2. The van der Waals surface area contributed by atoms with E-state index < -0.39 is 0 Å². The lowest BCUT2D eigenvalue weighted by molar-refractivity contribution is 0.0608. The summed E-state index contributed by atoms with van der Waals surface area (Å²) in [5.74, 6) is 0.672. The van der Waals surface area contributed by atoms with E-state index in [0.717, 1.165) is 35.7 Å². The van der Waals surface area contributed by atoms with Gasteiger partial charge in [0.2, 0.25) is 0 Å². The molecular weight excluding hydrogens is 418 g/mol. The van der Waals surface area contributed by atoms with Gasteiger partial charge in [-0.05, 0) is 51.5 Å². The first kappa shape index (κ1) is 21.4. The number of hydrogen-bond acceptors (Lipinski definition) is 8. The van der Waals surface area contributed by atoms with E-state index in [-0.39, 0.29) is 12.9 Å². The molecule has 2 aliphatic rings. The first-order valence-corrected chi connectivity index (χ1v) is 11.2. The third-order valence-corrected chi connectivity index (χ3v) is 5.96. The summed E-state index contributed by atoms with van der Waals surface area (Å²) < 4.78 is 13.0. The Labute approximate surface area is 192 Å². The molecule has 1 atom stereocenters. The number of aryl methyl sites for hydroxylation is 2. The van der Waals surface area contributed by atoms with Crippen LogP contribution in [0.2, 0.25) is 0 Å². The summed E-state index contributed by atoms with van der Waals surface area (Å²) >= 11 is 0. The van der Waals surface area contributed by atoms with E-state index in [9.17, 15) is 0 Å². The lowest BCUT2D eigenvalue weighted by Gasteiger charge is -2.21. The van der Waals surface area contributed by atoms with Gasteiger partial charge in [0.15, 0.2) is 5.82 Å². The quantitative estimate of drug-likeness (QED) is 0.577. The van der Waals surface area contributed by atoms with Gasteiger partial charge >= 0.3 is 0 Å². The molecular formula is C24H27N7O2. The summed E-state index contributed by atoms with van der Waals surface area (Å²) in [7, 11) is 0. The molecule has 33 heavy (non-hydrogen) atoms. The van der Waals surface area contributed by atoms with Gasteiger partial charge in [0.25, 0.3) is 0 Å². The summed E-state index contributed by atoms with van der Waals surface area (Å²) in [6, 6.07) is 6.35. The second-order valence-electron chi connectivity index (χ2n) is 8.00. The van der Waals surface area contributed by atoms with Crippen molar-refractivity contribution in [3.8, 4) is 11.4 Å². The van der Waals surface area contributed by atoms with Crippen LogP contribution in [0.1, 0.15) is 30.9 Å². The molecule has 0 N–H and O–H groups in total. The maximum absolute atomic E-state index is 5.78. The van der Waals surface area contributed by atoms with E-state index in [4.69, 9.17) is 24.6 Å². The molecule has 1 aromatic carbocycles. The molecule has 0 bridgehead atoms. The number of aromatic nitrogens is 4. The predicted octanol–water partition coefficient (Wildman–Crippen LogP) is 3.51. The van der Waals surface area contributed by atoms with E-state index in [1.807, 2.05) is 6.92 Å². The Balaban J connectivity index is 1.62. The van der Waals surface area contributed by atoms with Crippen LogP contribution in [0.25, 0.3) is 11.4 Å². The normalized spacial score (nSPS) is 18.6. The van der Waals surface area contributed by atoms with Gasteiger partial charge in [0.05, 0.1) is 24.2 Å². The van der Waals surface area contributed by atoms with Crippen molar-refractivity contribution in [3.05, 3.63) is 53.9 Å². The van der Waals surface area contributed by atoms with Crippen LogP contribution in [0.5, 0.6) is 0 Å². The molecule has 0 spiro atoms. The van der Waals surface area contributed by atoms with Gasteiger partial charge in [-0.25, -0.2) is 14.7 Å². The minimum Gasteiger partial charge on any atom is -0.372 e. The number of nitrogens with zero attached hydrogens (tertiary/aromatic N) is 7. The number of rotatable bonds is 6. The van der Waals surface area contributed by atoms with Gasteiger partial charge in [0.1, 0.15) is 35.7 Å². The summed E-state index contributed by atoms with van der Waals surface area (Å²) in [6.45, 7) is 10.9. The molecule has 1 saturated heterocycles. The number of benzene rings is 1. The zero-order chi connectivity index (χ0) is 22.9. The van der Waals surface area contributed by atoms with Crippen LogP contribution in [0, 0.1) is 13.8 Å². The number of hydrogen-bond donors (Lipinski definition) is 0. The largest absolute Gasteiger partial charge is 0.372 e. The number of anilines is 1. The predicted molar refractivity (Wildman–Crippen MR) is 127 cm³/mol. The Bertz CT molecular complexity index is 1220. The molecule has 0 saturated carbocycles. The molecule has 2 aliphatic heterocycles. The number of fused-ring (bicyclic) bond motifs is 1. The van der Waals surface area contributed by atoms with Crippen molar-refractivity contribution in [1.82, 2.24) is 19.6 Å². The van der Waals surface area contributed by atoms with Crippen molar-refractivity contribution < 1.29 is 9.47 Å². The SMILES string of the molecule is CCN(CC)c1ccc(/N=C2/C(C3COCO3)=Nn3c2nc(C)c3-c2cnccn2)c(C)c1. The maximum atomic E-state index is 5.78. The second kappa shape index (κ2) is 8.84. The van der Waals surface area contributed by atoms with Crippen LogP contribution in [0.15, 0.2) is 46.9 Å². The molecule has 170 valence electrons. The van der Waals surface area contributed by atoms with Crippen LogP contribution in [0.3, 0.4) is 0 Å². The molecule has 9 nitrogen and oxygen atoms in total. The number of imidazole rings is 1. The summed E-state index contributed by atoms with van der Waals surface area (Å²) in [6.07, 6.45) is 4.73. The second-order valence-corrected chi connectivity index (χ2v) is 8.00. The van der Waals surface area contributed by atoms with E-state index in [0.29, 0.717) is 29.5 Å². The van der Waals surface area contributed by atoms with Crippen molar-refractivity contribution in [3.63, 3.8) is 0 Å². The van der Waals surface area contributed by atoms with Gasteiger partial charge in [-0.15, -0.1) is 0 Å². The van der Waals surface area contributed by atoms with Gasteiger partial charge in [-0.1, -0.05) is 0 Å². The molecule has 0 aliphatic carbocycles. The summed E-state index contributed by atoms with van der Waals surface area (Å²) in [4.78, 5) is 20.8. The first-order chi connectivity index (χ1) is 16.1. The molecule has 0 amide bonds. The van der Waals surface area contributed by atoms with Crippen molar-refractivity contribution in [2.24, 2.45) is 10.1 Å². The van der Waals surface area contributed by atoms with Crippen molar-refractivity contribution >= 4 is 22.8 Å². The van der Waals surface area contributed by atoms with E-state index in [2.05, 4.69) is 53.8 Å². The van der Waals surface area contributed by atoms with Gasteiger partial charge < -0.3 is 14.4 Å². The van der Waals surface area contributed by atoms with Crippen molar-refractivity contribution in [1.29, 1.82) is 0 Å². The molecule has 1 fully saturated rings.